The van der Waals surface area contributed by atoms with Crippen molar-refractivity contribution >= 4 is 29.1 Å². The van der Waals surface area contributed by atoms with E-state index in [9.17, 15) is 14.4 Å². The third-order valence-electron chi connectivity index (χ3n) is 4.57. The second kappa shape index (κ2) is 6.99. The highest BCUT2D eigenvalue weighted by atomic mass is 16.2. The van der Waals surface area contributed by atoms with Crippen LogP contribution in [0.5, 0.6) is 0 Å². The Hall–Kier alpha value is -3.16. The van der Waals surface area contributed by atoms with Crippen LogP contribution in [-0.4, -0.2) is 33.5 Å². The fraction of sp³-hybridized carbons (Fsp3) is 0.333. The first-order valence-corrected chi connectivity index (χ1v) is 8.46. The SMILES string of the molecule is CCC(C)C1C(=O)Nc2ccccc2N1C(=O)c1cnn(CC(N)=O)c1. The standard InChI is InChI=1S/C18H21N5O3/c1-3-11(2)16-17(25)21-13-6-4-5-7-14(13)23(16)18(26)12-8-20-22(9-12)10-15(19)24/h4-9,11,16H,3,10H2,1-2H3,(H2,19,24)(H,21,25). The van der Waals surface area contributed by atoms with Crippen molar-refractivity contribution in [2.24, 2.45) is 11.7 Å². The molecule has 0 saturated carbocycles. The fourth-order valence-electron chi connectivity index (χ4n) is 3.09. The lowest BCUT2D eigenvalue weighted by atomic mass is 9.93. The van der Waals surface area contributed by atoms with Gasteiger partial charge in [0.1, 0.15) is 12.6 Å². The molecule has 0 fully saturated rings. The van der Waals surface area contributed by atoms with E-state index in [4.69, 9.17) is 5.73 Å². The Bertz CT molecular complexity index is 860. The molecular formula is C18H21N5O3. The fourth-order valence-corrected chi connectivity index (χ4v) is 3.09. The summed E-state index contributed by atoms with van der Waals surface area (Å²) in [4.78, 5) is 38.5. The Morgan fingerprint density at radius 3 is 2.77 bits per heavy atom. The average molecular weight is 355 g/mol. The number of hydrogen-bond acceptors (Lipinski definition) is 4. The van der Waals surface area contributed by atoms with E-state index in [1.807, 2.05) is 19.9 Å². The minimum absolute atomic E-state index is 0.0343. The lowest BCUT2D eigenvalue weighted by Gasteiger charge is -2.39. The van der Waals surface area contributed by atoms with Crippen LogP contribution in [0.4, 0.5) is 11.4 Å². The molecule has 3 amide bonds. The highest BCUT2D eigenvalue weighted by Crippen LogP contribution is 2.35. The zero-order chi connectivity index (χ0) is 18.8. The van der Waals surface area contributed by atoms with Crippen molar-refractivity contribution in [2.75, 3.05) is 10.2 Å². The van der Waals surface area contributed by atoms with E-state index in [0.29, 0.717) is 16.9 Å². The van der Waals surface area contributed by atoms with Gasteiger partial charge in [-0.2, -0.15) is 5.10 Å². The van der Waals surface area contributed by atoms with Crippen molar-refractivity contribution in [1.29, 1.82) is 0 Å². The molecule has 2 unspecified atom stereocenters. The van der Waals surface area contributed by atoms with E-state index in [2.05, 4.69) is 10.4 Å². The second-order valence-electron chi connectivity index (χ2n) is 6.40. The van der Waals surface area contributed by atoms with Crippen LogP contribution in [0.3, 0.4) is 0 Å². The van der Waals surface area contributed by atoms with Crippen LogP contribution in [0.1, 0.15) is 30.6 Å². The van der Waals surface area contributed by atoms with Crippen molar-refractivity contribution in [3.8, 4) is 0 Å². The minimum atomic E-state index is -0.623. The van der Waals surface area contributed by atoms with E-state index >= 15 is 0 Å². The molecule has 2 heterocycles. The molecule has 1 aliphatic rings. The Morgan fingerprint density at radius 1 is 1.35 bits per heavy atom. The molecule has 0 radical (unpaired) electrons. The molecule has 2 aromatic rings. The van der Waals surface area contributed by atoms with Crippen molar-refractivity contribution in [1.82, 2.24) is 9.78 Å². The number of rotatable bonds is 5. The van der Waals surface area contributed by atoms with E-state index in [0.717, 1.165) is 6.42 Å². The van der Waals surface area contributed by atoms with E-state index < -0.39 is 11.9 Å². The zero-order valence-corrected chi connectivity index (χ0v) is 14.7. The third-order valence-corrected chi connectivity index (χ3v) is 4.57. The summed E-state index contributed by atoms with van der Waals surface area (Å²) in [7, 11) is 0. The number of para-hydroxylation sites is 2. The maximum Gasteiger partial charge on any atom is 0.262 e. The first-order valence-electron chi connectivity index (χ1n) is 8.46. The van der Waals surface area contributed by atoms with E-state index in [1.54, 1.807) is 18.2 Å². The van der Waals surface area contributed by atoms with Crippen molar-refractivity contribution in [3.63, 3.8) is 0 Å². The summed E-state index contributed by atoms with van der Waals surface area (Å²) in [5.74, 6) is -1.13. The van der Waals surface area contributed by atoms with Crippen LogP contribution in [0.25, 0.3) is 0 Å². The van der Waals surface area contributed by atoms with Gasteiger partial charge < -0.3 is 11.1 Å². The summed E-state index contributed by atoms with van der Waals surface area (Å²) in [6.07, 6.45) is 3.59. The maximum atomic E-state index is 13.2. The molecule has 8 nitrogen and oxygen atoms in total. The van der Waals surface area contributed by atoms with Crippen molar-refractivity contribution < 1.29 is 14.4 Å². The molecule has 2 atom stereocenters. The summed E-state index contributed by atoms with van der Waals surface area (Å²) in [5, 5.41) is 6.88. The summed E-state index contributed by atoms with van der Waals surface area (Å²) in [5.41, 5.74) is 6.70. The van der Waals surface area contributed by atoms with Gasteiger partial charge in [-0.1, -0.05) is 32.4 Å². The largest absolute Gasteiger partial charge is 0.368 e. The van der Waals surface area contributed by atoms with Gasteiger partial charge in [0.15, 0.2) is 0 Å². The van der Waals surface area contributed by atoms with Crippen LogP contribution in [0.2, 0.25) is 0 Å². The molecule has 1 aliphatic heterocycles. The number of benzene rings is 1. The van der Waals surface area contributed by atoms with Crippen LogP contribution < -0.4 is 16.0 Å². The maximum absolute atomic E-state index is 13.2. The van der Waals surface area contributed by atoms with E-state index in [-0.39, 0.29) is 24.3 Å². The number of nitrogens with two attached hydrogens (primary N) is 1. The zero-order valence-electron chi connectivity index (χ0n) is 14.7. The average Bonchev–Trinajstić information content (AvgIpc) is 3.07. The molecule has 0 bridgehead atoms. The molecule has 1 aromatic heterocycles. The first kappa shape index (κ1) is 17.7. The summed E-state index contributed by atoms with van der Waals surface area (Å²) >= 11 is 0. The molecule has 3 rings (SSSR count). The number of nitrogens with zero attached hydrogens (tertiary/aromatic N) is 3. The number of primary amides is 1. The molecule has 26 heavy (non-hydrogen) atoms. The highest BCUT2D eigenvalue weighted by molar-refractivity contribution is 6.16. The predicted octanol–water partition coefficient (Wildman–Crippen LogP) is 1.38. The monoisotopic (exact) mass is 355 g/mol. The molecule has 0 aliphatic carbocycles. The molecule has 3 N–H and O–H groups in total. The van der Waals surface area contributed by atoms with Gasteiger partial charge in [0, 0.05) is 6.20 Å². The van der Waals surface area contributed by atoms with E-state index in [1.165, 1.54) is 22.0 Å². The number of nitrogens with one attached hydrogen (secondary N) is 1. The van der Waals surface area contributed by atoms with Gasteiger partial charge in [0.05, 0.1) is 23.1 Å². The Kier molecular flexibility index (Phi) is 4.75. The molecule has 136 valence electrons. The van der Waals surface area contributed by atoms with Gasteiger partial charge in [0.25, 0.3) is 5.91 Å². The molecule has 1 aromatic carbocycles. The minimum Gasteiger partial charge on any atom is -0.368 e. The summed E-state index contributed by atoms with van der Waals surface area (Å²) < 4.78 is 1.31. The number of aromatic nitrogens is 2. The third kappa shape index (κ3) is 3.17. The van der Waals surface area contributed by atoms with Crippen molar-refractivity contribution in [2.45, 2.75) is 32.9 Å². The Morgan fingerprint density at radius 2 is 2.08 bits per heavy atom. The second-order valence-corrected chi connectivity index (χ2v) is 6.40. The van der Waals surface area contributed by atoms with Gasteiger partial charge in [-0.15, -0.1) is 0 Å². The van der Waals surface area contributed by atoms with Crippen LogP contribution in [0, 0.1) is 5.92 Å². The molecular weight excluding hydrogens is 334 g/mol. The number of carbonyl (C=O) groups is 3. The van der Waals surface area contributed by atoms with Crippen molar-refractivity contribution in [3.05, 3.63) is 42.2 Å². The van der Waals surface area contributed by atoms with Crippen LogP contribution in [0.15, 0.2) is 36.7 Å². The quantitative estimate of drug-likeness (QED) is 0.844. The number of amides is 3. The van der Waals surface area contributed by atoms with Crippen LogP contribution in [-0.2, 0) is 16.1 Å². The van der Waals surface area contributed by atoms with Gasteiger partial charge in [0.2, 0.25) is 11.8 Å². The number of anilines is 2. The van der Waals surface area contributed by atoms with Gasteiger partial charge >= 0.3 is 0 Å². The summed E-state index contributed by atoms with van der Waals surface area (Å²) in [6.45, 7) is 3.81. The number of carbonyl (C=O) groups excluding carboxylic acids is 3. The Balaban J connectivity index is 2.02. The highest BCUT2D eigenvalue weighted by Gasteiger charge is 2.40. The number of fused-ring (bicyclic) bond motifs is 1. The van der Waals surface area contributed by atoms with Gasteiger partial charge in [-0.05, 0) is 18.1 Å². The Labute approximate surface area is 151 Å². The molecule has 0 saturated heterocycles. The lowest BCUT2D eigenvalue weighted by molar-refractivity contribution is -0.119. The molecule has 0 spiro atoms. The smallest absolute Gasteiger partial charge is 0.262 e. The van der Waals surface area contributed by atoms with Gasteiger partial charge in [-0.25, -0.2) is 0 Å². The number of hydrogen-bond donors (Lipinski definition) is 2. The molecule has 8 heteroatoms. The van der Waals surface area contributed by atoms with Gasteiger partial charge in [-0.3, -0.25) is 24.0 Å². The van der Waals surface area contributed by atoms with Crippen LogP contribution >= 0.6 is 0 Å². The lowest BCUT2D eigenvalue weighted by Crippen LogP contribution is -2.54. The summed E-state index contributed by atoms with van der Waals surface area (Å²) in [6, 6.07) is 6.56. The topological polar surface area (TPSA) is 110 Å². The predicted molar refractivity (Wildman–Crippen MR) is 96.5 cm³/mol. The normalized spacial score (nSPS) is 17.4. The first-order chi connectivity index (χ1) is 12.4.